The highest BCUT2D eigenvalue weighted by atomic mass is 35.5. The summed E-state index contributed by atoms with van der Waals surface area (Å²) in [5.74, 6) is -1.68. The predicted molar refractivity (Wildman–Crippen MR) is 171 cm³/mol. The number of carbonyl (C=O) groups excluding carboxylic acids is 2. The van der Waals surface area contributed by atoms with Gasteiger partial charge in [0, 0.05) is 29.6 Å². The van der Waals surface area contributed by atoms with Crippen LogP contribution in [0.4, 0.5) is 10.1 Å². The highest BCUT2D eigenvalue weighted by Gasteiger charge is 2.35. The molecule has 0 aromatic heterocycles. The Labute approximate surface area is 263 Å². The number of halogens is 2. The average molecular weight is 636 g/mol. The molecule has 44 heavy (non-hydrogen) atoms. The summed E-state index contributed by atoms with van der Waals surface area (Å²) in [7, 11) is -4.27. The van der Waals surface area contributed by atoms with Crippen LogP contribution in [0.3, 0.4) is 0 Å². The van der Waals surface area contributed by atoms with E-state index < -0.39 is 40.2 Å². The van der Waals surface area contributed by atoms with Gasteiger partial charge in [-0.05, 0) is 62.7 Å². The molecule has 0 aliphatic carbocycles. The first-order valence-electron chi connectivity index (χ1n) is 14.2. The summed E-state index contributed by atoms with van der Waals surface area (Å²) >= 11 is 6.25. The van der Waals surface area contributed by atoms with Crippen LogP contribution in [-0.2, 0) is 32.6 Å². The number of nitrogens with one attached hydrogen (secondary N) is 1. The number of anilines is 1. The summed E-state index contributed by atoms with van der Waals surface area (Å²) in [4.78, 5) is 29.3. The van der Waals surface area contributed by atoms with E-state index in [-0.39, 0.29) is 40.2 Å². The highest BCUT2D eigenvalue weighted by Crippen LogP contribution is 2.27. The lowest BCUT2D eigenvalue weighted by Crippen LogP contribution is -2.54. The normalized spacial score (nSPS) is 12.0. The average Bonchev–Trinajstić information content (AvgIpc) is 2.98. The third-order valence-corrected chi connectivity index (χ3v) is 9.01. The number of amides is 2. The first-order chi connectivity index (χ1) is 21.0. The molecule has 1 N–H and O–H groups in total. The van der Waals surface area contributed by atoms with Crippen molar-refractivity contribution < 1.29 is 22.4 Å². The Balaban J connectivity index is 1.82. The molecule has 1 atom stereocenters. The SMILES string of the molecule is Cc1ccc(S(=O)(=O)N(CC(=O)N(Cc2ccccc2F)[C@@H](Cc2ccccc2)C(=O)NC(C)C)c2cccc(Cl)c2)cc1. The number of rotatable bonds is 12. The molecule has 4 rings (SSSR count). The number of nitrogens with zero attached hydrogens (tertiary/aromatic N) is 2. The Bertz CT molecular complexity index is 1700. The topological polar surface area (TPSA) is 86.8 Å². The van der Waals surface area contributed by atoms with Gasteiger partial charge in [-0.2, -0.15) is 0 Å². The maximum atomic E-state index is 15.0. The van der Waals surface area contributed by atoms with Crippen LogP contribution in [0.1, 0.15) is 30.5 Å². The molecule has 0 spiro atoms. The molecule has 4 aromatic rings. The van der Waals surface area contributed by atoms with E-state index in [1.807, 2.05) is 37.3 Å². The van der Waals surface area contributed by atoms with Crippen molar-refractivity contribution in [2.45, 2.75) is 50.7 Å². The van der Waals surface area contributed by atoms with Gasteiger partial charge in [0.1, 0.15) is 18.4 Å². The molecule has 0 unspecified atom stereocenters. The first kappa shape index (κ1) is 32.7. The number of sulfonamides is 1. The fourth-order valence-corrected chi connectivity index (χ4v) is 6.33. The minimum atomic E-state index is -4.27. The lowest BCUT2D eigenvalue weighted by Gasteiger charge is -2.34. The second-order valence-corrected chi connectivity index (χ2v) is 13.1. The maximum absolute atomic E-state index is 15.0. The van der Waals surface area contributed by atoms with E-state index >= 15 is 0 Å². The third kappa shape index (κ3) is 8.24. The van der Waals surface area contributed by atoms with Gasteiger partial charge in [0.25, 0.3) is 10.0 Å². The fourth-order valence-electron chi connectivity index (χ4n) is 4.74. The summed E-state index contributed by atoms with van der Waals surface area (Å²) in [5, 5.41) is 3.16. The molecular formula is C34H35ClFN3O4S. The molecule has 0 fully saturated rings. The van der Waals surface area contributed by atoms with Crippen molar-refractivity contribution in [2.24, 2.45) is 0 Å². The van der Waals surface area contributed by atoms with Crippen LogP contribution in [-0.4, -0.2) is 43.8 Å². The minimum absolute atomic E-state index is 0.0186. The van der Waals surface area contributed by atoms with Crippen molar-refractivity contribution in [1.29, 1.82) is 0 Å². The zero-order valence-electron chi connectivity index (χ0n) is 24.8. The quantitative estimate of drug-likeness (QED) is 0.202. The van der Waals surface area contributed by atoms with Gasteiger partial charge in [-0.3, -0.25) is 13.9 Å². The second-order valence-electron chi connectivity index (χ2n) is 10.8. The molecule has 0 heterocycles. The molecule has 7 nitrogen and oxygen atoms in total. The molecular weight excluding hydrogens is 601 g/mol. The van der Waals surface area contributed by atoms with E-state index in [1.165, 1.54) is 41.3 Å². The van der Waals surface area contributed by atoms with Gasteiger partial charge >= 0.3 is 0 Å². The Morgan fingerprint density at radius 3 is 2.18 bits per heavy atom. The predicted octanol–water partition coefficient (Wildman–Crippen LogP) is 6.15. The van der Waals surface area contributed by atoms with Gasteiger partial charge in [-0.25, -0.2) is 12.8 Å². The van der Waals surface area contributed by atoms with Crippen LogP contribution >= 0.6 is 11.6 Å². The zero-order valence-corrected chi connectivity index (χ0v) is 26.4. The molecule has 0 aliphatic heterocycles. The van der Waals surface area contributed by atoms with E-state index in [9.17, 15) is 22.4 Å². The highest BCUT2D eigenvalue weighted by molar-refractivity contribution is 7.92. The lowest BCUT2D eigenvalue weighted by molar-refractivity contribution is -0.140. The smallest absolute Gasteiger partial charge is 0.264 e. The van der Waals surface area contributed by atoms with Crippen LogP contribution in [0.25, 0.3) is 0 Å². The van der Waals surface area contributed by atoms with Gasteiger partial charge in [-0.15, -0.1) is 0 Å². The van der Waals surface area contributed by atoms with Crippen molar-refractivity contribution in [1.82, 2.24) is 10.2 Å². The number of hydrogen-bond donors (Lipinski definition) is 1. The minimum Gasteiger partial charge on any atom is -0.352 e. The number of benzene rings is 4. The van der Waals surface area contributed by atoms with E-state index in [4.69, 9.17) is 11.6 Å². The van der Waals surface area contributed by atoms with E-state index in [0.29, 0.717) is 0 Å². The largest absolute Gasteiger partial charge is 0.352 e. The van der Waals surface area contributed by atoms with E-state index in [0.717, 1.165) is 15.4 Å². The molecule has 0 bridgehead atoms. The van der Waals surface area contributed by atoms with Crippen LogP contribution in [0.5, 0.6) is 0 Å². The molecule has 2 amide bonds. The number of aryl methyl sites for hydroxylation is 1. The molecule has 0 saturated carbocycles. The molecule has 0 saturated heterocycles. The number of carbonyl (C=O) groups is 2. The monoisotopic (exact) mass is 635 g/mol. The maximum Gasteiger partial charge on any atom is 0.264 e. The van der Waals surface area contributed by atoms with Gasteiger partial charge in [-0.1, -0.05) is 83.9 Å². The Kier molecular flexibility index (Phi) is 10.8. The first-order valence-corrected chi connectivity index (χ1v) is 16.0. The Hall–Kier alpha value is -4.21. The molecule has 0 radical (unpaired) electrons. The standard InChI is InChI=1S/C34H35ClFN3O4S/c1-24(2)37-34(41)32(20-26-10-5-4-6-11-26)38(22-27-12-7-8-15-31(27)36)33(40)23-39(29-14-9-13-28(35)21-29)44(42,43)30-18-16-25(3)17-19-30/h4-19,21,24,32H,20,22-23H2,1-3H3,(H,37,41)/t32-/m0/s1. The van der Waals surface area contributed by atoms with Crippen LogP contribution < -0.4 is 9.62 Å². The van der Waals surface area contributed by atoms with E-state index in [2.05, 4.69) is 5.32 Å². The van der Waals surface area contributed by atoms with Gasteiger partial charge in [0.2, 0.25) is 11.8 Å². The third-order valence-electron chi connectivity index (χ3n) is 6.98. The summed E-state index contributed by atoms with van der Waals surface area (Å²) in [6.45, 7) is 4.52. The van der Waals surface area contributed by atoms with Crippen molar-refractivity contribution in [2.75, 3.05) is 10.8 Å². The molecule has 4 aromatic carbocycles. The van der Waals surface area contributed by atoms with E-state index in [1.54, 1.807) is 50.2 Å². The van der Waals surface area contributed by atoms with Crippen molar-refractivity contribution >= 4 is 39.1 Å². The number of hydrogen-bond acceptors (Lipinski definition) is 4. The molecule has 230 valence electrons. The summed E-state index contributed by atoms with van der Waals surface area (Å²) in [6, 6.07) is 26.3. The fraction of sp³-hybridized carbons (Fsp3) is 0.235. The lowest BCUT2D eigenvalue weighted by atomic mass is 10.0. The Morgan fingerprint density at radius 2 is 1.55 bits per heavy atom. The second kappa shape index (κ2) is 14.5. The van der Waals surface area contributed by atoms with Crippen LogP contribution in [0.15, 0.2) is 108 Å². The molecule has 10 heteroatoms. The van der Waals surface area contributed by atoms with Crippen molar-refractivity contribution in [3.8, 4) is 0 Å². The summed E-state index contributed by atoms with van der Waals surface area (Å²) in [5.41, 5.74) is 2.00. The van der Waals surface area contributed by atoms with Crippen LogP contribution in [0.2, 0.25) is 5.02 Å². The van der Waals surface area contributed by atoms with Crippen molar-refractivity contribution in [3.63, 3.8) is 0 Å². The summed E-state index contributed by atoms with van der Waals surface area (Å²) in [6.07, 6.45) is 0.126. The zero-order chi connectivity index (χ0) is 31.9. The summed E-state index contributed by atoms with van der Waals surface area (Å²) < 4.78 is 44.0. The van der Waals surface area contributed by atoms with Gasteiger partial charge in [0.15, 0.2) is 0 Å². The van der Waals surface area contributed by atoms with Crippen LogP contribution in [0, 0.1) is 12.7 Å². The van der Waals surface area contributed by atoms with Gasteiger partial charge in [0.05, 0.1) is 10.6 Å². The van der Waals surface area contributed by atoms with Crippen molar-refractivity contribution in [3.05, 3.63) is 131 Å². The molecule has 0 aliphatic rings. The Morgan fingerprint density at radius 1 is 0.886 bits per heavy atom. The van der Waals surface area contributed by atoms with Gasteiger partial charge < -0.3 is 10.2 Å².